The van der Waals surface area contributed by atoms with E-state index in [9.17, 15) is 0 Å². The Labute approximate surface area is 338 Å². The summed E-state index contributed by atoms with van der Waals surface area (Å²) in [5, 5.41) is 7.05. The van der Waals surface area contributed by atoms with Crippen molar-refractivity contribution >= 4 is 60.5 Å². The minimum atomic E-state index is -0.126. The topological polar surface area (TPSA) is 16.4 Å². The third-order valence-electron chi connectivity index (χ3n) is 13.4. The molecule has 12 rings (SSSR count). The minimum absolute atomic E-state index is 0.126. The molecule has 0 radical (unpaired) electrons. The Kier molecular flexibility index (Phi) is 6.78. The molecule has 1 heterocycles. The van der Waals surface area contributed by atoms with Crippen molar-refractivity contribution in [1.82, 2.24) is 0 Å². The average Bonchev–Trinajstić information content (AvgIpc) is 3.81. The Balaban J connectivity index is 1.10. The smallest absolute Gasteiger partial charge is 0.143 e. The van der Waals surface area contributed by atoms with Crippen LogP contribution in [-0.4, -0.2) is 0 Å². The van der Waals surface area contributed by atoms with Crippen molar-refractivity contribution in [1.29, 1.82) is 0 Å². The average molecular weight is 744 g/mol. The Morgan fingerprint density at radius 1 is 0.362 bits per heavy atom. The van der Waals surface area contributed by atoms with Crippen molar-refractivity contribution in [3.05, 3.63) is 198 Å². The van der Waals surface area contributed by atoms with E-state index in [1.165, 1.54) is 71.6 Å². The first-order chi connectivity index (χ1) is 28.3. The minimum Gasteiger partial charge on any atom is -0.455 e. The third kappa shape index (κ3) is 4.54. The summed E-state index contributed by atoms with van der Waals surface area (Å²) in [6.45, 7) is 9.45. The van der Waals surface area contributed by atoms with Gasteiger partial charge in [-0.25, -0.2) is 0 Å². The molecule has 2 heteroatoms. The van der Waals surface area contributed by atoms with Crippen LogP contribution in [0.25, 0.3) is 76.9 Å². The van der Waals surface area contributed by atoms with Crippen LogP contribution in [0.1, 0.15) is 49.9 Å². The first kappa shape index (κ1) is 33.3. The highest BCUT2D eigenvalue weighted by molar-refractivity contribution is 6.21. The van der Waals surface area contributed by atoms with Crippen LogP contribution in [0.3, 0.4) is 0 Å². The van der Waals surface area contributed by atoms with Gasteiger partial charge in [0.1, 0.15) is 11.2 Å². The van der Waals surface area contributed by atoms with Crippen LogP contribution in [0.2, 0.25) is 0 Å². The van der Waals surface area contributed by atoms with Crippen LogP contribution in [0.15, 0.2) is 180 Å². The predicted molar refractivity (Wildman–Crippen MR) is 244 cm³/mol. The highest BCUT2D eigenvalue weighted by Crippen LogP contribution is 2.53. The molecular formula is C56H41NO. The number of nitrogens with zero attached hydrogens (tertiary/aromatic N) is 1. The van der Waals surface area contributed by atoms with E-state index in [2.05, 4.69) is 209 Å². The molecule has 0 N–H and O–H groups in total. The van der Waals surface area contributed by atoms with Gasteiger partial charge in [-0.2, -0.15) is 0 Å². The molecule has 2 aliphatic rings. The van der Waals surface area contributed by atoms with Gasteiger partial charge >= 0.3 is 0 Å². The number of fused-ring (bicyclic) bond motifs is 11. The fourth-order valence-electron chi connectivity index (χ4n) is 10.5. The van der Waals surface area contributed by atoms with Gasteiger partial charge in [-0.1, -0.05) is 155 Å². The molecule has 2 nitrogen and oxygen atoms in total. The molecule has 0 saturated carbocycles. The van der Waals surface area contributed by atoms with Crippen molar-refractivity contribution in [2.45, 2.75) is 38.5 Å². The Hall–Kier alpha value is -6.90. The Morgan fingerprint density at radius 2 is 0.862 bits per heavy atom. The van der Waals surface area contributed by atoms with Gasteiger partial charge in [0.2, 0.25) is 0 Å². The molecular weight excluding hydrogens is 703 g/mol. The lowest BCUT2D eigenvalue weighted by Crippen LogP contribution is -2.18. The zero-order valence-corrected chi connectivity index (χ0v) is 33.1. The van der Waals surface area contributed by atoms with Crippen LogP contribution in [-0.2, 0) is 10.8 Å². The van der Waals surface area contributed by atoms with Gasteiger partial charge in [0, 0.05) is 44.2 Å². The molecule has 0 fully saturated rings. The molecule has 0 amide bonds. The van der Waals surface area contributed by atoms with E-state index in [4.69, 9.17) is 4.42 Å². The number of anilines is 3. The van der Waals surface area contributed by atoms with E-state index in [1.54, 1.807) is 0 Å². The fraction of sp³-hybridized carbons (Fsp3) is 0.107. The molecule has 0 saturated heterocycles. The largest absolute Gasteiger partial charge is 0.455 e. The molecule has 0 spiro atoms. The van der Waals surface area contributed by atoms with Crippen LogP contribution in [0.5, 0.6) is 0 Å². The molecule has 276 valence electrons. The van der Waals surface area contributed by atoms with E-state index < -0.39 is 0 Å². The fourth-order valence-corrected chi connectivity index (χ4v) is 10.5. The summed E-state index contributed by atoms with van der Waals surface area (Å²) in [6, 6.07) is 65.0. The van der Waals surface area contributed by atoms with Gasteiger partial charge in [0.25, 0.3) is 0 Å². The second-order valence-electron chi connectivity index (χ2n) is 17.3. The highest BCUT2D eigenvalue weighted by atomic mass is 16.3. The molecule has 58 heavy (non-hydrogen) atoms. The SMILES string of the molecule is CC1(C)c2ccccc2-c2ccc(N(c3ccc4c(c3)C(C)(C)c3ccccc3-4)c3ccc4oc5c(-c6cccc7ccccc67)c6ccccc6cc5c4c3)cc21. The summed E-state index contributed by atoms with van der Waals surface area (Å²) >= 11 is 0. The highest BCUT2D eigenvalue weighted by Gasteiger charge is 2.38. The third-order valence-corrected chi connectivity index (χ3v) is 13.4. The molecule has 0 aliphatic heterocycles. The first-order valence-corrected chi connectivity index (χ1v) is 20.4. The molecule has 0 unspecified atom stereocenters. The lowest BCUT2D eigenvalue weighted by atomic mass is 9.82. The molecule has 2 aliphatic carbocycles. The summed E-state index contributed by atoms with van der Waals surface area (Å²) in [5.41, 5.74) is 18.0. The summed E-state index contributed by atoms with van der Waals surface area (Å²) in [5.74, 6) is 0. The number of hydrogen-bond acceptors (Lipinski definition) is 2. The van der Waals surface area contributed by atoms with Gasteiger partial charge in [0.05, 0.1) is 0 Å². The van der Waals surface area contributed by atoms with Crippen molar-refractivity contribution in [2.24, 2.45) is 0 Å². The maximum absolute atomic E-state index is 6.97. The molecule has 1 aromatic heterocycles. The predicted octanol–water partition coefficient (Wildman–Crippen LogP) is 15.6. The van der Waals surface area contributed by atoms with Gasteiger partial charge in [-0.3, -0.25) is 0 Å². The quantitative estimate of drug-likeness (QED) is 0.178. The lowest BCUT2D eigenvalue weighted by Gasteiger charge is -2.29. The van der Waals surface area contributed by atoms with Crippen LogP contribution < -0.4 is 4.90 Å². The monoisotopic (exact) mass is 743 g/mol. The van der Waals surface area contributed by atoms with Crippen molar-refractivity contribution in [3.8, 4) is 33.4 Å². The maximum Gasteiger partial charge on any atom is 0.143 e. The van der Waals surface area contributed by atoms with Gasteiger partial charge in [-0.15, -0.1) is 0 Å². The number of furan rings is 1. The van der Waals surface area contributed by atoms with E-state index in [0.29, 0.717) is 0 Å². The number of hydrogen-bond donors (Lipinski definition) is 0. The number of rotatable bonds is 4. The Bertz CT molecular complexity index is 3250. The second kappa shape index (κ2) is 11.8. The van der Waals surface area contributed by atoms with E-state index >= 15 is 0 Å². The number of benzene rings is 9. The Morgan fingerprint density at radius 3 is 1.53 bits per heavy atom. The van der Waals surface area contributed by atoms with Crippen molar-refractivity contribution in [2.75, 3.05) is 4.90 Å². The standard InChI is InChI=1S/C56H41NO/c1-55(2)48-22-11-9-19-41(48)43-27-24-37(32-50(43)55)57(38-25-28-44-42-20-10-12-23-49(42)56(3,4)51(44)33-38)36-26-29-52-46(31-36)47-30-35-15-6-8-18-40(35)53(54(47)58-52)45-21-13-16-34-14-5-7-17-39(34)45/h5-33H,1-4H3. The summed E-state index contributed by atoms with van der Waals surface area (Å²) in [4.78, 5) is 2.46. The van der Waals surface area contributed by atoms with Crippen LogP contribution >= 0.6 is 0 Å². The van der Waals surface area contributed by atoms with Gasteiger partial charge in [0.15, 0.2) is 0 Å². The van der Waals surface area contributed by atoms with Gasteiger partial charge in [-0.05, 0) is 120 Å². The summed E-state index contributed by atoms with van der Waals surface area (Å²) < 4.78 is 6.97. The first-order valence-electron chi connectivity index (χ1n) is 20.4. The lowest BCUT2D eigenvalue weighted by molar-refractivity contribution is 0.660. The van der Waals surface area contributed by atoms with Crippen LogP contribution in [0, 0.1) is 0 Å². The molecule has 10 aromatic rings. The van der Waals surface area contributed by atoms with Crippen LogP contribution in [0.4, 0.5) is 17.1 Å². The normalized spacial score (nSPS) is 14.5. The van der Waals surface area contributed by atoms with Crippen molar-refractivity contribution < 1.29 is 4.42 Å². The molecule has 9 aromatic carbocycles. The second-order valence-corrected chi connectivity index (χ2v) is 17.3. The zero-order chi connectivity index (χ0) is 38.9. The maximum atomic E-state index is 6.97. The summed E-state index contributed by atoms with van der Waals surface area (Å²) in [6.07, 6.45) is 0. The van der Waals surface area contributed by atoms with E-state index in [-0.39, 0.29) is 10.8 Å². The van der Waals surface area contributed by atoms with E-state index in [1.807, 2.05) is 0 Å². The molecule has 0 bridgehead atoms. The zero-order valence-electron chi connectivity index (χ0n) is 33.1. The summed E-state index contributed by atoms with van der Waals surface area (Å²) in [7, 11) is 0. The van der Waals surface area contributed by atoms with Crippen molar-refractivity contribution in [3.63, 3.8) is 0 Å². The van der Waals surface area contributed by atoms with E-state index in [0.717, 1.165) is 44.6 Å². The molecule has 0 atom stereocenters. The van der Waals surface area contributed by atoms with Gasteiger partial charge < -0.3 is 9.32 Å².